The van der Waals surface area contributed by atoms with Gasteiger partial charge in [-0.2, -0.15) is 0 Å². The Labute approximate surface area is 110 Å². The molecule has 0 saturated carbocycles. The lowest BCUT2D eigenvalue weighted by Gasteiger charge is -2.08. The number of aryl methyl sites for hydroxylation is 1. The first-order valence-electron chi connectivity index (χ1n) is 5.67. The molecule has 0 fully saturated rings. The third-order valence-electron chi connectivity index (χ3n) is 2.66. The number of nitrogen functional groups attached to an aromatic ring is 1. The van der Waals surface area contributed by atoms with Crippen molar-refractivity contribution in [2.45, 2.75) is 13.3 Å². The lowest BCUT2D eigenvalue weighted by Crippen LogP contribution is -1.92. The van der Waals surface area contributed by atoms with Gasteiger partial charge in [0.1, 0.15) is 10.7 Å². The Morgan fingerprint density at radius 2 is 1.94 bits per heavy atom. The van der Waals surface area contributed by atoms with E-state index in [9.17, 15) is 0 Å². The minimum absolute atomic E-state index is 0.681. The van der Waals surface area contributed by atoms with Crippen molar-refractivity contribution in [1.29, 1.82) is 0 Å². The summed E-state index contributed by atoms with van der Waals surface area (Å²) in [5.74, 6) is 1.38. The summed E-state index contributed by atoms with van der Waals surface area (Å²) in [5.41, 5.74) is 7.76. The molecule has 0 spiro atoms. The van der Waals surface area contributed by atoms with Crippen LogP contribution in [0.1, 0.15) is 11.9 Å². The molecule has 0 aliphatic carbocycles. The zero-order chi connectivity index (χ0) is 13.1. The van der Waals surface area contributed by atoms with E-state index in [0.29, 0.717) is 11.5 Å². The molecule has 0 radical (unpaired) electrons. The summed E-state index contributed by atoms with van der Waals surface area (Å²) >= 11 is 1.53. The van der Waals surface area contributed by atoms with Gasteiger partial charge in [0.05, 0.1) is 19.2 Å². The molecule has 1 aromatic carbocycles. The molecule has 96 valence electrons. The second kappa shape index (κ2) is 5.27. The van der Waals surface area contributed by atoms with Crippen LogP contribution in [0.25, 0.3) is 11.3 Å². The van der Waals surface area contributed by atoms with Crippen LogP contribution in [0.3, 0.4) is 0 Å². The molecule has 2 rings (SSSR count). The molecular weight excluding hydrogens is 248 g/mol. The number of ether oxygens (including phenoxy) is 2. The molecule has 0 aliphatic heterocycles. The summed E-state index contributed by atoms with van der Waals surface area (Å²) in [6, 6.07) is 5.69. The smallest absolute Gasteiger partial charge is 0.161 e. The third-order valence-corrected chi connectivity index (χ3v) is 3.69. The molecular formula is C13H16N2O2S. The van der Waals surface area contributed by atoms with Crippen LogP contribution in [0.4, 0.5) is 5.00 Å². The topological polar surface area (TPSA) is 57.4 Å². The van der Waals surface area contributed by atoms with Gasteiger partial charge in [0.2, 0.25) is 0 Å². The molecule has 0 atom stereocenters. The van der Waals surface area contributed by atoms with Crippen molar-refractivity contribution in [2.24, 2.45) is 0 Å². The van der Waals surface area contributed by atoms with Gasteiger partial charge in [0.25, 0.3) is 0 Å². The fourth-order valence-electron chi connectivity index (χ4n) is 1.72. The van der Waals surface area contributed by atoms with Crippen LogP contribution >= 0.6 is 11.3 Å². The van der Waals surface area contributed by atoms with Gasteiger partial charge in [-0.05, 0) is 24.6 Å². The minimum Gasteiger partial charge on any atom is -0.493 e. The van der Waals surface area contributed by atoms with Gasteiger partial charge >= 0.3 is 0 Å². The molecule has 2 aromatic rings. The fourth-order valence-corrected chi connectivity index (χ4v) is 2.51. The van der Waals surface area contributed by atoms with E-state index in [1.54, 1.807) is 14.2 Å². The minimum atomic E-state index is 0.681. The van der Waals surface area contributed by atoms with Crippen LogP contribution in [0.15, 0.2) is 18.2 Å². The number of rotatable bonds is 4. The Bertz CT molecular complexity index is 552. The highest BCUT2D eigenvalue weighted by Gasteiger charge is 2.12. The number of aromatic nitrogens is 1. The van der Waals surface area contributed by atoms with Gasteiger partial charge < -0.3 is 15.2 Å². The predicted molar refractivity (Wildman–Crippen MR) is 74.4 cm³/mol. The number of thiazole rings is 1. The Kier molecular flexibility index (Phi) is 3.72. The van der Waals surface area contributed by atoms with Crippen LogP contribution < -0.4 is 15.2 Å². The average Bonchev–Trinajstić information content (AvgIpc) is 2.79. The molecule has 0 bridgehead atoms. The van der Waals surface area contributed by atoms with Crippen molar-refractivity contribution in [3.8, 4) is 22.8 Å². The number of nitrogens with zero attached hydrogens (tertiary/aromatic N) is 1. The third kappa shape index (κ3) is 2.26. The second-order valence-electron chi connectivity index (χ2n) is 3.74. The van der Waals surface area contributed by atoms with E-state index >= 15 is 0 Å². The molecule has 0 saturated heterocycles. The zero-order valence-corrected chi connectivity index (χ0v) is 11.5. The highest BCUT2D eigenvalue weighted by atomic mass is 32.1. The number of hydrogen-bond acceptors (Lipinski definition) is 5. The van der Waals surface area contributed by atoms with Crippen molar-refractivity contribution in [2.75, 3.05) is 20.0 Å². The lowest BCUT2D eigenvalue weighted by atomic mass is 10.1. The van der Waals surface area contributed by atoms with E-state index in [1.165, 1.54) is 11.3 Å². The molecule has 0 amide bonds. The largest absolute Gasteiger partial charge is 0.493 e. The summed E-state index contributed by atoms with van der Waals surface area (Å²) in [4.78, 5) is 4.53. The molecule has 4 nitrogen and oxygen atoms in total. The maximum atomic E-state index is 6.00. The van der Waals surface area contributed by atoms with Gasteiger partial charge in [-0.3, -0.25) is 0 Å². The number of benzene rings is 1. The van der Waals surface area contributed by atoms with E-state index in [1.807, 2.05) is 18.2 Å². The molecule has 1 aromatic heterocycles. The Hall–Kier alpha value is -1.75. The van der Waals surface area contributed by atoms with Crippen LogP contribution in [0.2, 0.25) is 0 Å². The summed E-state index contributed by atoms with van der Waals surface area (Å²) in [5, 5.41) is 1.77. The van der Waals surface area contributed by atoms with E-state index in [4.69, 9.17) is 15.2 Å². The SMILES string of the molecule is CCc1nc(-c2ccc(OC)c(OC)c2)c(N)s1. The monoisotopic (exact) mass is 264 g/mol. The average molecular weight is 264 g/mol. The fraction of sp³-hybridized carbons (Fsp3) is 0.308. The molecule has 5 heteroatoms. The molecule has 18 heavy (non-hydrogen) atoms. The normalized spacial score (nSPS) is 10.4. The van der Waals surface area contributed by atoms with Crippen molar-refractivity contribution in [3.05, 3.63) is 23.2 Å². The van der Waals surface area contributed by atoms with Crippen molar-refractivity contribution in [1.82, 2.24) is 4.98 Å². The Balaban J connectivity index is 2.47. The summed E-state index contributed by atoms with van der Waals surface area (Å²) in [6.07, 6.45) is 0.891. The maximum absolute atomic E-state index is 6.00. The summed E-state index contributed by atoms with van der Waals surface area (Å²) < 4.78 is 10.5. The Morgan fingerprint density at radius 3 is 2.50 bits per heavy atom. The first kappa shape index (κ1) is 12.7. The van der Waals surface area contributed by atoms with Crippen LogP contribution in [-0.4, -0.2) is 19.2 Å². The van der Waals surface area contributed by atoms with Crippen LogP contribution in [0.5, 0.6) is 11.5 Å². The molecule has 0 unspecified atom stereocenters. The van der Waals surface area contributed by atoms with Gasteiger partial charge in [0, 0.05) is 5.56 Å². The standard InChI is InChI=1S/C13H16N2O2S/c1-4-11-15-12(13(14)18-11)8-5-6-9(16-2)10(7-8)17-3/h5-7H,4,14H2,1-3H3. The van der Waals surface area contributed by atoms with Gasteiger partial charge in [-0.1, -0.05) is 6.92 Å². The van der Waals surface area contributed by atoms with Crippen LogP contribution in [-0.2, 0) is 6.42 Å². The highest BCUT2D eigenvalue weighted by molar-refractivity contribution is 7.16. The summed E-state index contributed by atoms with van der Waals surface area (Å²) in [6.45, 7) is 2.07. The predicted octanol–water partition coefficient (Wildman–Crippen LogP) is 2.97. The zero-order valence-electron chi connectivity index (χ0n) is 10.7. The van der Waals surface area contributed by atoms with Gasteiger partial charge in [-0.25, -0.2) is 4.98 Å². The maximum Gasteiger partial charge on any atom is 0.161 e. The van der Waals surface area contributed by atoms with E-state index in [-0.39, 0.29) is 0 Å². The van der Waals surface area contributed by atoms with Crippen molar-refractivity contribution in [3.63, 3.8) is 0 Å². The van der Waals surface area contributed by atoms with Crippen LogP contribution in [0, 0.1) is 0 Å². The van der Waals surface area contributed by atoms with Gasteiger partial charge in [-0.15, -0.1) is 11.3 Å². The number of methoxy groups -OCH3 is 2. The molecule has 0 aliphatic rings. The summed E-state index contributed by atoms with van der Waals surface area (Å²) in [7, 11) is 3.23. The molecule has 1 heterocycles. The van der Waals surface area contributed by atoms with E-state index < -0.39 is 0 Å². The molecule has 2 N–H and O–H groups in total. The Morgan fingerprint density at radius 1 is 1.22 bits per heavy atom. The lowest BCUT2D eigenvalue weighted by molar-refractivity contribution is 0.355. The van der Waals surface area contributed by atoms with Crippen molar-refractivity contribution >= 4 is 16.3 Å². The first-order valence-corrected chi connectivity index (χ1v) is 6.48. The number of hydrogen-bond donors (Lipinski definition) is 1. The first-order chi connectivity index (χ1) is 8.69. The van der Waals surface area contributed by atoms with E-state index in [0.717, 1.165) is 27.7 Å². The number of nitrogens with two attached hydrogens (primary N) is 1. The number of anilines is 1. The van der Waals surface area contributed by atoms with E-state index in [2.05, 4.69) is 11.9 Å². The second-order valence-corrected chi connectivity index (χ2v) is 4.86. The highest BCUT2D eigenvalue weighted by Crippen LogP contribution is 2.36. The van der Waals surface area contributed by atoms with Gasteiger partial charge in [0.15, 0.2) is 11.5 Å². The van der Waals surface area contributed by atoms with Crippen molar-refractivity contribution < 1.29 is 9.47 Å². The quantitative estimate of drug-likeness (QED) is 0.922.